The number of amides is 3. The van der Waals surface area contributed by atoms with E-state index in [1.54, 1.807) is 27.7 Å². The van der Waals surface area contributed by atoms with E-state index in [9.17, 15) is 24.3 Å². The number of aliphatic hydroxyl groups is 1. The number of nitrogens with two attached hydrogens (primary N) is 1. The van der Waals surface area contributed by atoms with Gasteiger partial charge in [-0.05, 0) is 82.4 Å². The number of ether oxygens (including phenoxy) is 1. The van der Waals surface area contributed by atoms with Gasteiger partial charge in [-0.1, -0.05) is 51.1 Å². The fourth-order valence-corrected chi connectivity index (χ4v) is 5.87. The number of nitrogens with one attached hydrogen (secondary N) is 2. The molecule has 2 aromatic rings. The maximum atomic E-state index is 14.0. The Bertz CT molecular complexity index is 1440. The van der Waals surface area contributed by atoms with Gasteiger partial charge in [0.1, 0.15) is 12.1 Å². The molecule has 1 saturated carbocycles. The fraction of sp³-hybridized carbons (Fsp3) is 0.559. The summed E-state index contributed by atoms with van der Waals surface area (Å²) in [6, 6.07) is 8.40. The molecule has 1 aromatic heterocycles. The normalized spacial score (nSPS) is 25.2. The molecule has 2 fully saturated rings. The molecule has 2 heterocycles. The minimum atomic E-state index is -1.15. The number of aryl methyl sites for hydroxylation is 1. The molecule has 4 rings (SSSR count). The second kappa shape index (κ2) is 14.1. The quantitative estimate of drug-likeness (QED) is 0.294. The van der Waals surface area contributed by atoms with E-state index in [0.29, 0.717) is 45.1 Å². The van der Waals surface area contributed by atoms with Crippen molar-refractivity contribution in [2.75, 3.05) is 6.54 Å². The van der Waals surface area contributed by atoms with Gasteiger partial charge in [0.2, 0.25) is 5.91 Å². The zero-order chi connectivity index (χ0) is 32.9. The van der Waals surface area contributed by atoms with Crippen LogP contribution in [0.25, 0.3) is 17.0 Å². The molecule has 0 radical (unpaired) electrons. The van der Waals surface area contributed by atoms with Crippen LogP contribution >= 0.6 is 0 Å². The summed E-state index contributed by atoms with van der Waals surface area (Å²) in [5.74, 6) is -2.48. The van der Waals surface area contributed by atoms with Gasteiger partial charge in [0.25, 0.3) is 11.8 Å². The molecule has 3 atom stereocenters. The minimum absolute atomic E-state index is 0.351. The molecule has 3 amide bonds. The van der Waals surface area contributed by atoms with Crippen LogP contribution in [0.2, 0.25) is 0 Å². The summed E-state index contributed by atoms with van der Waals surface area (Å²) in [5, 5.41) is 15.7. The Morgan fingerprint density at radius 3 is 2.49 bits per heavy atom. The van der Waals surface area contributed by atoms with Crippen LogP contribution in [0.1, 0.15) is 84.4 Å². The van der Waals surface area contributed by atoms with Crippen molar-refractivity contribution in [1.29, 1.82) is 0 Å². The maximum Gasteiger partial charge on any atom is 0.316 e. The highest BCUT2D eigenvalue weighted by Gasteiger charge is 2.46. The number of pyridine rings is 1. The number of benzene rings is 1. The van der Waals surface area contributed by atoms with Gasteiger partial charge >= 0.3 is 5.97 Å². The lowest BCUT2D eigenvalue weighted by Gasteiger charge is -2.40. The van der Waals surface area contributed by atoms with Gasteiger partial charge in [-0.2, -0.15) is 0 Å². The zero-order valence-corrected chi connectivity index (χ0v) is 27.0. The molecule has 1 saturated heterocycles. The largest absolute Gasteiger partial charge is 0.451 e. The molecule has 11 heteroatoms. The van der Waals surface area contributed by atoms with Gasteiger partial charge in [0.05, 0.1) is 16.5 Å². The Balaban J connectivity index is 1.51. The first-order chi connectivity index (χ1) is 21.2. The summed E-state index contributed by atoms with van der Waals surface area (Å²) in [6.45, 7) is 9.28. The van der Waals surface area contributed by atoms with Gasteiger partial charge in [-0.15, -0.1) is 0 Å². The fourth-order valence-electron chi connectivity index (χ4n) is 5.87. The monoisotopic (exact) mass is 621 g/mol. The maximum absolute atomic E-state index is 14.0. The summed E-state index contributed by atoms with van der Waals surface area (Å²) in [6.07, 6.45) is 6.01. The molecule has 5 N–H and O–H groups in total. The van der Waals surface area contributed by atoms with E-state index in [1.165, 1.54) is 5.01 Å². The number of hydrazine groups is 1. The van der Waals surface area contributed by atoms with Gasteiger partial charge in [-0.3, -0.25) is 29.2 Å². The molecule has 0 bridgehead atoms. The summed E-state index contributed by atoms with van der Waals surface area (Å²) in [4.78, 5) is 56.8. The van der Waals surface area contributed by atoms with Gasteiger partial charge in [0, 0.05) is 17.6 Å². The molecule has 2 aliphatic rings. The highest BCUT2D eigenvalue weighted by molar-refractivity contribution is 5.91. The van der Waals surface area contributed by atoms with Crippen molar-refractivity contribution in [3.8, 4) is 0 Å². The van der Waals surface area contributed by atoms with E-state index in [4.69, 9.17) is 15.5 Å². The Morgan fingerprint density at radius 1 is 1.16 bits per heavy atom. The van der Waals surface area contributed by atoms with Crippen molar-refractivity contribution >= 4 is 40.7 Å². The van der Waals surface area contributed by atoms with Crippen LogP contribution in [0, 0.1) is 11.3 Å². The number of fused-ring (bicyclic) bond motifs is 1. The Morgan fingerprint density at radius 2 is 1.84 bits per heavy atom. The molecular weight excluding hydrogens is 574 g/mol. The Kier molecular flexibility index (Phi) is 10.7. The smallest absolute Gasteiger partial charge is 0.316 e. The third-order valence-electron chi connectivity index (χ3n) is 8.98. The van der Waals surface area contributed by atoms with Crippen LogP contribution in [0.15, 0.2) is 36.4 Å². The third-order valence-corrected chi connectivity index (χ3v) is 8.98. The van der Waals surface area contributed by atoms with Gasteiger partial charge < -0.3 is 20.9 Å². The lowest BCUT2D eigenvalue weighted by Crippen LogP contribution is -2.60. The number of aromatic nitrogens is 1. The Hall–Kier alpha value is -3.83. The SMILES string of the molecule is CCc1ccc2ccc(/C=C/C3(C(=O)O[C@H](C(=O)N[C@@H](C)C(=O)N4CCC[C@@H](C(N)=O)N4)C(C)C)CCC(C)(O)CC3)cc2n1. The first-order valence-corrected chi connectivity index (χ1v) is 15.9. The molecule has 0 spiro atoms. The van der Waals surface area contributed by atoms with Crippen molar-refractivity contribution in [2.24, 2.45) is 17.1 Å². The Labute approximate surface area is 264 Å². The topological polar surface area (TPSA) is 164 Å². The average Bonchev–Trinajstić information content (AvgIpc) is 3.02. The van der Waals surface area contributed by atoms with Gasteiger partial charge in [0.15, 0.2) is 6.10 Å². The number of primary amides is 1. The molecule has 0 unspecified atom stereocenters. The van der Waals surface area contributed by atoms with Crippen LogP contribution in [-0.2, 0) is 30.3 Å². The van der Waals surface area contributed by atoms with Crippen LogP contribution in [0.3, 0.4) is 0 Å². The summed E-state index contributed by atoms with van der Waals surface area (Å²) >= 11 is 0. The molecule has 1 aromatic carbocycles. The molecule has 244 valence electrons. The number of hydrogen-bond donors (Lipinski definition) is 4. The van der Waals surface area contributed by atoms with E-state index < -0.39 is 52.9 Å². The van der Waals surface area contributed by atoms with E-state index in [0.717, 1.165) is 28.6 Å². The van der Waals surface area contributed by atoms with E-state index in [2.05, 4.69) is 17.7 Å². The lowest BCUT2D eigenvalue weighted by atomic mass is 9.68. The minimum Gasteiger partial charge on any atom is -0.451 e. The number of carbonyl (C=O) groups is 4. The predicted molar refractivity (Wildman–Crippen MR) is 171 cm³/mol. The van der Waals surface area contributed by atoms with Crippen molar-refractivity contribution < 1.29 is 29.0 Å². The number of hydrogen-bond acceptors (Lipinski definition) is 8. The van der Waals surface area contributed by atoms with Crippen molar-refractivity contribution in [1.82, 2.24) is 20.7 Å². The number of nitrogens with zero attached hydrogens (tertiary/aromatic N) is 2. The number of rotatable bonds is 10. The highest BCUT2D eigenvalue weighted by Crippen LogP contribution is 2.44. The highest BCUT2D eigenvalue weighted by atomic mass is 16.5. The standard InChI is InChI=1S/C34H47N5O6/c1-6-25-12-11-24-10-9-23(20-27(24)37-25)13-14-34(17-15-33(5,44)16-18-34)32(43)45-28(21(2)3)30(41)36-22(4)31(42)39-19-7-8-26(38-39)29(35)40/h9-14,20-22,26,28,38,44H,6-8,15-19H2,1-5H3,(H2,35,40)(H,36,41)/b14-13+/t22-,26-,28-,33?,34?/m0/s1. The molecule has 1 aliphatic carbocycles. The molecular formula is C34H47N5O6. The summed E-state index contributed by atoms with van der Waals surface area (Å²) < 4.78 is 5.95. The van der Waals surface area contributed by atoms with Crippen molar-refractivity contribution in [2.45, 2.75) is 103 Å². The van der Waals surface area contributed by atoms with Crippen molar-refractivity contribution in [3.63, 3.8) is 0 Å². The van der Waals surface area contributed by atoms with E-state index >= 15 is 0 Å². The second-order valence-electron chi connectivity index (χ2n) is 13.1. The van der Waals surface area contributed by atoms with Crippen LogP contribution < -0.4 is 16.5 Å². The summed E-state index contributed by atoms with van der Waals surface area (Å²) in [5.41, 5.74) is 9.02. The summed E-state index contributed by atoms with van der Waals surface area (Å²) in [7, 11) is 0. The van der Waals surface area contributed by atoms with Crippen LogP contribution in [0.5, 0.6) is 0 Å². The number of esters is 1. The first-order valence-electron chi connectivity index (χ1n) is 15.9. The predicted octanol–water partition coefficient (Wildman–Crippen LogP) is 3.18. The molecule has 11 nitrogen and oxygen atoms in total. The van der Waals surface area contributed by atoms with Crippen LogP contribution in [0.4, 0.5) is 0 Å². The van der Waals surface area contributed by atoms with E-state index in [-0.39, 0.29) is 5.92 Å². The van der Waals surface area contributed by atoms with Crippen molar-refractivity contribution in [3.05, 3.63) is 47.7 Å². The lowest BCUT2D eigenvalue weighted by molar-refractivity contribution is -0.170. The van der Waals surface area contributed by atoms with Gasteiger partial charge in [-0.25, -0.2) is 5.43 Å². The third kappa shape index (κ3) is 8.26. The second-order valence-corrected chi connectivity index (χ2v) is 13.1. The average molecular weight is 622 g/mol. The zero-order valence-electron chi connectivity index (χ0n) is 27.0. The van der Waals surface area contributed by atoms with E-state index in [1.807, 2.05) is 42.5 Å². The molecule has 1 aliphatic heterocycles. The first kappa shape index (κ1) is 34.1. The molecule has 45 heavy (non-hydrogen) atoms. The number of carbonyl (C=O) groups excluding carboxylic acids is 4. The van der Waals surface area contributed by atoms with Crippen LogP contribution in [-0.4, -0.2) is 69.1 Å².